The summed E-state index contributed by atoms with van der Waals surface area (Å²) in [4.78, 5) is 1.31. The van der Waals surface area contributed by atoms with Crippen LogP contribution in [0.5, 0.6) is 0 Å². The van der Waals surface area contributed by atoms with Crippen LogP contribution in [0.4, 0.5) is 27.6 Å². The molecule has 0 N–H and O–H groups in total. The third-order valence-corrected chi connectivity index (χ3v) is 2.99. The van der Waals surface area contributed by atoms with Gasteiger partial charge in [0.1, 0.15) is 0 Å². The van der Waals surface area contributed by atoms with E-state index in [4.69, 9.17) is 6.42 Å². The first-order chi connectivity index (χ1) is 8.73. The third kappa shape index (κ3) is 2.80. The third-order valence-electron chi connectivity index (χ3n) is 2.99. The van der Waals surface area contributed by atoms with Gasteiger partial charge in [-0.3, -0.25) is 0 Å². The summed E-state index contributed by atoms with van der Waals surface area (Å²) in [7, 11) is 0. The zero-order valence-electron chi connectivity index (χ0n) is 9.77. The molecule has 0 aliphatic carbocycles. The van der Waals surface area contributed by atoms with Crippen molar-refractivity contribution in [3.63, 3.8) is 0 Å². The minimum atomic E-state index is -4.50. The lowest BCUT2D eigenvalue weighted by Crippen LogP contribution is -2.25. The monoisotopic (exact) mass is 275 g/mol. The summed E-state index contributed by atoms with van der Waals surface area (Å²) in [6, 6.07) is 2.82. The summed E-state index contributed by atoms with van der Waals surface area (Å²) >= 11 is 0. The second-order valence-corrected chi connectivity index (χ2v) is 4.40. The summed E-state index contributed by atoms with van der Waals surface area (Å²) in [5, 5.41) is 0. The molecule has 19 heavy (non-hydrogen) atoms. The summed E-state index contributed by atoms with van der Waals surface area (Å²) in [5.74, 6) is -0.699. The number of alkyl halides is 5. The van der Waals surface area contributed by atoms with Crippen LogP contribution < -0.4 is 4.90 Å². The van der Waals surface area contributed by atoms with E-state index < -0.39 is 24.2 Å². The van der Waals surface area contributed by atoms with E-state index in [1.807, 2.05) is 0 Å². The van der Waals surface area contributed by atoms with E-state index in [1.165, 1.54) is 4.90 Å². The molecule has 0 atom stereocenters. The predicted octanol–water partition coefficient (Wildman–Crippen LogP) is 3.53. The molecule has 1 fully saturated rings. The average molecular weight is 275 g/mol. The molecule has 1 aliphatic rings. The number of hydrogen-bond acceptors (Lipinski definition) is 1. The first kappa shape index (κ1) is 13.7. The molecule has 0 saturated carbocycles. The van der Waals surface area contributed by atoms with Crippen molar-refractivity contribution in [3.05, 3.63) is 29.3 Å². The predicted molar refractivity (Wildman–Crippen MR) is 61.2 cm³/mol. The first-order valence-corrected chi connectivity index (χ1v) is 5.53. The molecule has 0 spiro atoms. The second-order valence-electron chi connectivity index (χ2n) is 4.40. The van der Waals surface area contributed by atoms with Gasteiger partial charge in [0.15, 0.2) is 0 Å². The van der Waals surface area contributed by atoms with Gasteiger partial charge in [0, 0.05) is 18.5 Å². The van der Waals surface area contributed by atoms with Gasteiger partial charge in [-0.1, -0.05) is 5.92 Å². The van der Waals surface area contributed by atoms with E-state index >= 15 is 0 Å². The highest BCUT2D eigenvalue weighted by Crippen LogP contribution is 2.36. The largest absolute Gasteiger partial charge is 0.416 e. The van der Waals surface area contributed by atoms with Gasteiger partial charge >= 0.3 is 6.18 Å². The van der Waals surface area contributed by atoms with Crippen LogP contribution >= 0.6 is 0 Å². The van der Waals surface area contributed by atoms with Crippen molar-refractivity contribution in [3.8, 4) is 12.3 Å². The van der Waals surface area contributed by atoms with Crippen LogP contribution in [0.1, 0.15) is 17.5 Å². The molecule has 1 aliphatic heterocycles. The van der Waals surface area contributed by atoms with Gasteiger partial charge in [0.2, 0.25) is 0 Å². The Bertz CT molecular complexity index is 527. The topological polar surface area (TPSA) is 3.24 Å². The fraction of sp³-hybridized carbons (Fsp3) is 0.385. The maximum atomic E-state index is 13.1. The van der Waals surface area contributed by atoms with E-state index in [9.17, 15) is 22.0 Å². The molecular weight excluding hydrogens is 265 g/mol. The maximum absolute atomic E-state index is 13.1. The van der Waals surface area contributed by atoms with Crippen molar-refractivity contribution in [2.24, 2.45) is 0 Å². The smallest absolute Gasteiger partial charge is 0.364 e. The molecule has 0 unspecified atom stereocenters. The highest BCUT2D eigenvalue weighted by molar-refractivity contribution is 5.62. The van der Waals surface area contributed by atoms with Gasteiger partial charge in [-0.15, -0.1) is 6.42 Å². The van der Waals surface area contributed by atoms with Crippen molar-refractivity contribution in [2.75, 3.05) is 18.0 Å². The van der Waals surface area contributed by atoms with Gasteiger partial charge < -0.3 is 4.90 Å². The molecule has 1 aromatic rings. The zero-order chi connectivity index (χ0) is 14.3. The van der Waals surface area contributed by atoms with E-state index in [0.29, 0.717) is 0 Å². The Morgan fingerprint density at radius 3 is 2.42 bits per heavy atom. The van der Waals surface area contributed by atoms with Crippen LogP contribution in [-0.4, -0.2) is 19.0 Å². The molecule has 0 aromatic heterocycles. The Morgan fingerprint density at radius 1 is 1.26 bits per heavy atom. The lowest BCUT2D eigenvalue weighted by atomic mass is 10.1. The Labute approximate surface area is 107 Å². The van der Waals surface area contributed by atoms with Crippen LogP contribution in [0.25, 0.3) is 0 Å². The number of halogens is 5. The highest BCUT2D eigenvalue weighted by Gasteiger charge is 2.39. The van der Waals surface area contributed by atoms with Crippen molar-refractivity contribution >= 4 is 5.69 Å². The van der Waals surface area contributed by atoms with E-state index in [2.05, 4.69) is 5.92 Å². The molecule has 1 saturated heterocycles. The summed E-state index contributed by atoms with van der Waals surface area (Å²) < 4.78 is 63.8. The Morgan fingerprint density at radius 2 is 1.95 bits per heavy atom. The standard InChI is InChI=1S/C13H10F5N/c1-2-9-7-10(13(16,17)18)3-4-11(9)19-6-5-12(14,15)8-19/h1,3-4,7H,5-6,8H2. The molecule has 0 radical (unpaired) electrons. The number of nitrogens with zero attached hydrogens (tertiary/aromatic N) is 1. The SMILES string of the molecule is C#Cc1cc(C(F)(F)F)ccc1N1CCC(F)(F)C1. The van der Waals surface area contributed by atoms with Crippen molar-refractivity contribution in [1.82, 2.24) is 0 Å². The van der Waals surface area contributed by atoms with E-state index in [-0.39, 0.29) is 24.2 Å². The number of benzene rings is 1. The van der Waals surface area contributed by atoms with Gasteiger partial charge in [-0.2, -0.15) is 13.2 Å². The van der Waals surface area contributed by atoms with Gasteiger partial charge in [0.05, 0.1) is 17.8 Å². The molecule has 1 nitrogen and oxygen atoms in total. The Kier molecular flexibility index (Phi) is 3.17. The maximum Gasteiger partial charge on any atom is 0.416 e. The first-order valence-electron chi connectivity index (χ1n) is 5.53. The average Bonchev–Trinajstić information content (AvgIpc) is 2.67. The highest BCUT2D eigenvalue weighted by atomic mass is 19.4. The molecule has 6 heteroatoms. The Balaban J connectivity index is 2.36. The van der Waals surface area contributed by atoms with Crippen LogP contribution in [0.3, 0.4) is 0 Å². The Hall–Kier alpha value is -1.77. The fourth-order valence-corrected chi connectivity index (χ4v) is 2.05. The van der Waals surface area contributed by atoms with Gasteiger partial charge in [-0.25, -0.2) is 8.78 Å². The molecule has 1 heterocycles. The fourth-order valence-electron chi connectivity index (χ4n) is 2.05. The van der Waals surface area contributed by atoms with Crippen LogP contribution in [-0.2, 0) is 6.18 Å². The van der Waals surface area contributed by atoms with Crippen LogP contribution in [0, 0.1) is 12.3 Å². The quantitative estimate of drug-likeness (QED) is 0.560. The molecule has 0 bridgehead atoms. The van der Waals surface area contributed by atoms with Crippen molar-refractivity contribution in [1.29, 1.82) is 0 Å². The van der Waals surface area contributed by atoms with E-state index in [1.54, 1.807) is 0 Å². The lowest BCUT2D eigenvalue weighted by Gasteiger charge is -2.21. The molecule has 2 rings (SSSR count). The molecule has 1 aromatic carbocycles. The minimum Gasteiger partial charge on any atom is -0.364 e. The van der Waals surface area contributed by atoms with Gasteiger partial charge in [0.25, 0.3) is 5.92 Å². The van der Waals surface area contributed by atoms with Crippen LogP contribution in [0.2, 0.25) is 0 Å². The van der Waals surface area contributed by atoms with Gasteiger partial charge in [-0.05, 0) is 18.2 Å². The molecule has 102 valence electrons. The van der Waals surface area contributed by atoms with Crippen molar-refractivity contribution < 1.29 is 22.0 Å². The number of terminal acetylenes is 1. The lowest BCUT2D eigenvalue weighted by molar-refractivity contribution is -0.137. The van der Waals surface area contributed by atoms with Crippen LogP contribution in [0.15, 0.2) is 18.2 Å². The molecule has 0 amide bonds. The number of anilines is 1. The second kappa shape index (κ2) is 4.41. The number of hydrogen-bond donors (Lipinski definition) is 0. The summed E-state index contributed by atoms with van der Waals surface area (Å²) in [5.41, 5.74) is -0.657. The van der Waals surface area contributed by atoms with Crippen molar-refractivity contribution in [2.45, 2.75) is 18.5 Å². The molecular formula is C13H10F5N. The summed E-state index contributed by atoms with van der Waals surface area (Å²) in [6.45, 7) is -0.444. The van der Waals surface area contributed by atoms with E-state index in [0.717, 1.165) is 18.2 Å². The zero-order valence-corrected chi connectivity index (χ0v) is 9.77. The number of rotatable bonds is 1. The summed E-state index contributed by atoms with van der Waals surface area (Å²) in [6.07, 6.45) is 0.344. The normalized spacial score (nSPS) is 18.4. The minimum absolute atomic E-state index is 0.0208.